The average Bonchev–Trinajstić information content (AvgIpc) is 2.70. The van der Waals surface area contributed by atoms with E-state index in [4.69, 9.17) is 10.2 Å². The van der Waals surface area contributed by atoms with Crippen LogP contribution in [0.4, 0.5) is 6.01 Å². The molecule has 0 radical (unpaired) electrons. The van der Waals surface area contributed by atoms with E-state index in [1.807, 2.05) is 0 Å². The minimum atomic E-state index is -3.67. The Kier molecular flexibility index (Phi) is 3.35. The van der Waals surface area contributed by atoms with Crippen LogP contribution in [0.25, 0.3) is 0 Å². The summed E-state index contributed by atoms with van der Waals surface area (Å²) in [5.74, 6) is 0.503. The number of nitrogens with one attached hydrogen (secondary N) is 1. The Morgan fingerprint density at radius 3 is 2.56 bits per heavy atom. The van der Waals surface area contributed by atoms with Gasteiger partial charge in [0.2, 0.25) is 0 Å². The number of nitrogens with two attached hydrogens (primary N) is 1. The number of anilines is 1. The number of sulfonamides is 1. The molecular weight excluding hydrogens is 254 g/mol. The van der Waals surface area contributed by atoms with Crippen LogP contribution < -0.4 is 10.5 Å². The maximum absolute atomic E-state index is 12.0. The van der Waals surface area contributed by atoms with E-state index < -0.39 is 10.0 Å². The average molecular weight is 267 g/mol. The van der Waals surface area contributed by atoms with Gasteiger partial charge in [0.15, 0.2) is 0 Å². The van der Waals surface area contributed by atoms with E-state index in [2.05, 4.69) is 9.71 Å². The summed E-state index contributed by atoms with van der Waals surface area (Å²) in [6.45, 7) is 1.87. The van der Waals surface area contributed by atoms with Crippen LogP contribution in [0.2, 0.25) is 0 Å². The summed E-state index contributed by atoms with van der Waals surface area (Å²) in [6, 6.07) is 7.92. The molecule has 18 heavy (non-hydrogen) atoms. The first kappa shape index (κ1) is 12.6. The monoisotopic (exact) mass is 267 g/mol. The number of hydrogen-bond acceptors (Lipinski definition) is 5. The Morgan fingerprint density at radius 2 is 2.00 bits per heavy atom. The number of nitrogens with zero attached hydrogens (tertiary/aromatic N) is 1. The Morgan fingerprint density at radius 1 is 1.33 bits per heavy atom. The highest BCUT2D eigenvalue weighted by atomic mass is 32.2. The van der Waals surface area contributed by atoms with Crippen molar-refractivity contribution in [2.24, 2.45) is 5.73 Å². The Hall–Kier alpha value is -1.86. The molecular formula is C11H13N3O3S. The van der Waals surface area contributed by atoms with E-state index in [1.54, 1.807) is 25.1 Å². The second-order valence-corrected chi connectivity index (χ2v) is 5.33. The smallest absolute Gasteiger partial charge is 0.309 e. The first-order chi connectivity index (χ1) is 8.53. The third-order valence-corrected chi connectivity index (χ3v) is 3.70. The van der Waals surface area contributed by atoms with Crippen molar-refractivity contribution in [2.45, 2.75) is 18.4 Å². The number of aromatic nitrogens is 1. The van der Waals surface area contributed by atoms with Crippen LogP contribution in [0.15, 0.2) is 39.6 Å². The lowest BCUT2D eigenvalue weighted by molar-refractivity contribution is 0.540. The zero-order chi connectivity index (χ0) is 13.2. The van der Waals surface area contributed by atoms with Gasteiger partial charge in [-0.05, 0) is 19.1 Å². The van der Waals surface area contributed by atoms with Gasteiger partial charge in [-0.1, -0.05) is 18.2 Å². The van der Waals surface area contributed by atoms with Gasteiger partial charge >= 0.3 is 6.01 Å². The SMILES string of the molecule is Cc1oc(NS(=O)(=O)c2ccccc2)nc1CN. The number of rotatable bonds is 4. The summed E-state index contributed by atoms with van der Waals surface area (Å²) in [6.07, 6.45) is 0. The van der Waals surface area contributed by atoms with Crippen LogP contribution in [0.5, 0.6) is 0 Å². The van der Waals surface area contributed by atoms with E-state index in [9.17, 15) is 8.42 Å². The molecule has 1 aromatic heterocycles. The Balaban J connectivity index is 2.28. The molecule has 6 nitrogen and oxygen atoms in total. The molecule has 0 atom stereocenters. The highest BCUT2D eigenvalue weighted by Gasteiger charge is 2.17. The van der Waals surface area contributed by atoms with Crippen molar-refractivity contribution >= 4 is 16.0 Å². The fourth-order valence-corrected chi connectivity index (χ4v) is 2.39. The summed E-state index contributed by atoms with van der Waals surface area (Å²) in [5.41, 5.74) is 5.97. The van der Waals surface area contributed by atoms with Crippen molar-refractivity contribution in [1.29, 1.82) is 0 Å². The summed E-state index contributed by atoms with van der Waals surface area (Å²) in [4.78, 5) is 4.11. The zero-order valence-electron chi connectivity index (χ0n) is 9.75. The second kappa shape index (κ2) is 4.79. The van der Waals surface area contributed by atoms with Gasteiger partial charge in [-0.2, -0.15) is 4.98 Å². The molecule has 1 heterocycles. The van der Waals surface area contributed by atoms with Crippen LogP contribution >= 0.6 is 0 Å². The Labute approximate surface area is 105 Å². The van der Waals surface area contributed by atoms with Crippen molar-refractivity contribution in [3.8, 4) is 0 Å². The third-order valence-electron chi connectivity index (χ3n) is 2.36. The number of benzene rings is 1. The van der Waals surface area contributed by atoms with Gasteiger partial charge in [0.1, 0.15) is 5.76 Å². The zero-order valence-corrected chi connectivity index (χ0v) is 10.6. The number of hydrogen-bond donors (Lipinski definition) is 2. The molecule has 3 N–H and O–H groups in total. The lowest BCUT2D eigenvalue weighted by Crippen LogP contribution is -2.13. The summed E-state index contributed by atoms with van der Waals surface area (Å²) in [5, 5.41) is 0. The van der Waals surface area contributed by atoms with Crippen molar-refractivity contribution in [2.75, 3.05) is 4.72 Å². The molecule has 96 valence electrons. The highest BCUT2D eigenvalue weighted by Crippen LogP contribution is 2.18. The Bertz CT molecular complexity index is 635. The lowest BCUT2D eigenvalue weighted by atomic mass is 10.4. The van der Waals surface area contributed by atoms with Crippen LogP contribution in [-0.4, -0.2) is 13.4 Å². The molecule has 7 heteroatoms. The number of oxazole rings is 1. The van der Waals surface area contributed by atoms with Gasteiger partial charge in [0.05, 0.1) is 10.6 Å². The lowest BCUT2D eigenvalue weighted by Gasteiger charge is -2.03. The summed E-state index contributed by atoms with van der Waals surface area (Å²) >= 11 is 0. The first-order valence-corrected chi connectivity index (χ1v) is 6.75. The van der Waals surface area contributed by atoms with Crippen molar-refractivity contribution in [3.05, 3.63) is 41.8 Å². The molecule has 0 aliphatic heterocycles. The quantitative estimate of drug-likeness (QED) is 0.868. The molecule has 2 rings (SSSR count). The van der Waals surface area contributed by atoms with E-state index in [1.165, 1.54) is 12.1 Å². The molecule has 0 amide bonds. The maximum Gasteiger partial charge on any atom is 0.309 e. The third kappa shape index (κ3) is 2.52. The molecule has 0 fully saturated rings. The van der Waals surface area contributed by atoms with Crippen molar-refractivity contribution < 1.29 is 12.8 Å². The normalized spacial score (nSPS) is 11.4. The minimum Gasteiger partial charge on any atom is -0.428 e. The highest BCUT2D eigenvalue weighted by molar-refractivity contribution is 7.92. The van der Waals surface area contributed by atoms with Gasteiger partial charge in [-0.15, -0.1) is 0 Å². The standard InChI is InChI=1S/C11H13N3O3S/c1-8-10(7-12)13-11(17-8)14-18(15,16)9-5-3-2-4-6-9/h2-6H,7,12H2,1H3,(H,13,14). The number of aryl methyl sites for hydroxylation is 1. The second-order valence-electron chi connectivity index (χ2n) is 3.64. The molecule has 0 aliphatic carbocycles. The van der Waals surface area contributed by atoms with Gasteiger partial charge in [-0.25, -0.2) is 13.1 Å². The van der Waals surface area contributed by atoms with Crippen LogP contribution in [0.1, 0.15) is 11.5 Å². The summed E-state index contributed by atoms with van der Waals surface area (Å²) in [7, 11) is -3.67. The molecule has 2 aromatic rings. The van der Waals surface area contributed by atoms with E-state index in [0.717, 1.165) is 0 Å². The van der Waals surface area contributed by atoms with E-state index in [0.29, 0.717) is 11.5 Å². The molecule has 1 aromatic carbocycles. The van der Waals surface area contributed by atoms with Gasteiger partial charge in [0, 0.05) is 6.54 Å². The molecule has 0 saturated carbocycles. The molecule has 0 bridgehead atoms. The minimum absolute atomic E-state index is 0.0724. The predicted molar refractivity (Wildman–Crippen MR) is 66.4 cm³/mol. The molecule has 0 aliphatic rings. The van der Waals surface area contributed by atoms with Crippen molar-refractivity contribution in [3.63, 3.8) is 0 Å². The summed E-state index contributed by atoms with van der Waals surface area (Å²) < 4.78 is 31.4. The fraction of sp³-hybridized carbons (Fsp3) is 0.182. The van der Waals surface area contributed by atoms with Gasteiger partial charge < -0.3 is 10.2 Å². The van der Waals surface area contributed by atoms with Crippen LogP contribution in [-0.2, 0) is 16.6 Å². The maximum atomic E-state index is 12.0. The fourth-order valence-electron chi connectivity index (χ4n) is 1.43. The van der Waals surface area contributed by atoms with Crippen LogP contribution in [0.3, 0.4) is 0 Å². The first-order valence-electron chi connectivity index (χ1n) is 5.27. The molecule has 0 unspecified atom stereocenters. The predicted octanol–water partition coefficient (Wildman–Crippen LogP) is 1.24. The molecule has 0 spiro atoms. The van der Waals surface area contributed by atoms with Gasteiger partial charge in [-0.3, -0.25) is 0 Å². The largest absolute Gasteiger partial charge is 0.428 e. The van der Waals surface area contributed by atoms with Gasteiger partial charge in [0.25, 0.3) is 10.0 Å². The topological polar surface area (TPSA) is 98.2 Å². The van der Waals surface area contributed by atoms with E-state index in [-0.39, 0.29) is 17.5 Å². The van der Waals surface area contributed by atoms with E-state index >= 15 is 0 Å². The van der Waals surface area contributed by atoms with Crippen molar-refractivity contribution in [1.82, 2.24) is 4.98 Å². The molecule has 0 saturated heterocycles. The van der Waals surface area contributed by atoms with Crippen LogP contribution in [0, 0.1) is 6.92 Å².